The lowest BCUT2D eigenvalue weighted by atomic mass is 9.65. The zero-order chi connectivity index (χ0) is 26.2. The summed E-state index contributed by atoms with van der Waals surface area (Å²) in [6, 6.07) is 12.8. The van der Waals surface area contributed by atoms with Crippen LogP contribution in [-0.2, 0) is 23.9 Å². The van der Waals surface area contributed by atoms with E-state index in [1.807, 2.05) is 49.4 Å². The van der Waals surface area contributed by atoms with Crippen LogP contribution in [-0.4, -0.2) is 64.8 Å². The first-order chi connectivity index (χ1) is 17.9. The smallest absolute Gasteiger partial charge is 0.312 e. The molecule has 2 unspecified atom stereocenters. The van der Waals surface area contributed by atoms with Gasteiger partial charge in [-0.05, 0) is 68.4 Å². The van der Waals surface area contributed by atoms with E-state index in [2.05, 4.69) is 5.32 Å². The van der Waals surface area contributed by atoms with E-state index in [0.29, 0.717) is 44.3 Å². The van der Waals surface area contributed by atoms with E-state index in [9.17, 15) is 19.5 Å². The van der Waals surface area contributed by atoms with Crippen LogP contribution in [0.5, 0.6) is 0 Å². The number of carbonyl (C=O) groups excluding carboxylic acids is 3. The molecule has 3 saturated heterocycles. The van der Waals surface area contributed by atoms with Crippen molar-refractivity contribution in [2.45, 2.75) is 69.6 Å². The van der Waals surface area contributed by atoms with Crippen molar-refractivity contribution < 1.29 is 29.0 Å². The first kappa shape index (κ1) is 25.7. The zero-order valence-electron chi connectivity index (χ0n) is 21.6. The molecule has 0 aromatic heterocycles. The van der Waals surface area contributed by atoms with Gasteiger partial charge in [0, 0.05) is 18.8 Å². The van der Waals surface area contributed by atoms with E-state index in [1.54, 1.807) is 11.8 Å². The molecule has 37 heavy (non-hydrogen) atoms. The maximum atomic E-state index is 14.0. The number of likely N-dealkylation sites (tertiary alicyclic amines) is 1. The van der Waals surface area contributed by atoms with Crippen molar-refractivity contribution in [1.29, 1.82) is 0 Å². The average molecular weight is 509 g/mol. The quantitative estimate of drug-likeness (QED) is 0.375. The number of anilines is 1. The van der Waals surface area contributed by atoms with E-state index in [4.69, 9.17) is 9.47 Å². The van der Waals surface area contributed by atoms with Crippen molar-refractivity contribution in [2.24, 2.45) is 11.8 Å². The molecule has 2 aromatic carbocycles. The summed E-state index contributed by atoms with van der Waals surface area (Å²) in [5.41, 5.74) is -1.21. The Hall–Kier alpha value is -2.97. The number of unbranched alkanes of at least 4 members (excludes halogenated alkanes) is 2. The minimum absolute atomic E-state index is 0.0828. The number of hydrogen-bond acceptors (Lipinski definition) is 6. The fourth-order valence-corrected chi connectivity index (χ4v) is 6.90. The number of rotatable bonds is 10. The van der Waals surface area contributed by atoms with Gasteiger partial charge in [-0.25, -0.2) is 0 Å². The van der Waals surface area contributed by atoms with Crippen LogP contribution in [0.2, 0.25) is 0 Å². The van der Waals surface area contributed by atoms with Gasteiger partial charge in [0.25, 0.3) is 0 Å². The second kappa shape index (κ2) is 10.1. The average Bonchev–Trinajstić information content (AvgIpc) is 3.50. The predicted molar refractivity (Wildman–Crippen MR) is 139 cm³/mol. The van der Waals surface area contributed by atoms with Crippen LogP contribution in [0.25, 0.3) is 10.8 Å². The molecule has 198 valence electrons. The number of nitrogens with one attached hydrogen (secondary N) is 1. The summed E-state index contributed by atoms with van der Waals surface area (Å²) in [6.07, 6.45) is 3.73. The van der Waals surface area contributed by atoms with E-state index in [0.717, 1.165) is 17.2 Å². The molecule has 1 spiro atoms. The van der Waals surface area contributed by atoms with Crippen LogP contribution in [0.3, 0.4) is 0 Å². The molecule has 2 N–H and O–H groups in total. The minimum Gasteiger partial charge on any atom is -0.466 e. The second-order valence-electron chi connectivity index (χ2n) is 10.5. The van der Waals surface area contributed by atoms with Crippen molar-refractivity contribution in [3.8, 4) is 0 Å². The molecule has 3 fully saturated rings. The van der Waals surface area contributed by atoms with Gasteiger partial charge in [-0.1, -0.05) is 37.3 Å². The van der Waals surface area contributed by atoms with Crippen molar-refractivity contribution in [3.05, 3.63) is 42.5 Å². The third kappa shape index (κ3) is 4.10. The Balaban J connectivity index is 1.49. The molecule has 5 atom stereocenters. The lowest BCUT2D eigenvalue weighted by molar-refractivity contribution is -0.160. The predicted octanol–water partition coefficient (Wildman–Crippen LogP) is 3.66. The summed E-state index contributed by atoms with van der Waals surface area (Å²) in [5.74, 6) is -2.40. The Morgan fingerprint density at radius 2 is 1.89 bits per heavy atom. The van der Waals surface area contributed by atoms with Crippen LogP contribution in [0, 0.1) is 11.8 Å². The van der Waals surface area contributed by atoms with E-state index < -0.39 is 35.0 Å². The van der Waals surface area contributed by atoms with Gasteiger partial charge in [0.1, 0.15) is 17.6 Å². The number of esters is 1. The van der Waals surface area contributed by atoms with Crippen LogP contribution in [0.15, 0.2) is 42.5 Å². The molecule has 0 radical (unpaired) electrons. The Bertz CT molecular complexity index is 1200. The summed E-state index contributed by atoms with van der Waals surface area (Å²) in [5, 5.41) is 14.3. The van der Waals surface area contributed by atoms with Crippen LogP contribution < -0.4 is 5.32 Å². The SMILES string of the molecule is CCOC(=O)[C@@H]1[C@H]2C(=O)N(CCCCCO)C(C(=O)Nc3ccc4ccccc4c3)C23CC[C@@]1(CC)O3. The lowest BCUT2D eigenvalue weighted by Crippen LogP contribution is -2.53. The Morgan fingerprint density at radius 1 is 1.11 bits per heavy atom. The van der Waals surface area contributed by atoms with Gasteiger partial charge >= 0.3 is 5.97 Å². The molecule has 5 rings (SSSR count). The fraction of sp³-hybridized carbons (Fsp3) is 0.552. The molecule has 3 aliphatic rings. The van der Waals surface area contributed by atoms with Gasteiger partial charge in [-0.15, -0.1) is 0 Å². The van der Waals surface area contributed by atoms with Gasteiger partial charge in [0.2, 0.25) is 11.8 Å². The van der Waals surface area contributed by atoms with Gasteiger partial charge in [0.15, 0.2) is 0 Å². The third-order valence-electron chi connectivity index (χ3n) is 8.54. The highest BCUT2D eigenvalue weighted by molar-refractivity contribution is 6.04. The molecule has 2 aromatic rings. The fourth-order valence-electron chi connectivity index (χ4n) is 6.90. The van der Waals surface area contributed by atoms with Crippen LogP contribution in [0.4, 0.5) is 5.69 Å². The monoisotopic (exact) mass is 508 g/mol. The first-order valence-corrected chi connectivity index (χ1v) is 13.5. The van der Waals surface area contributed by atoms with E-state index >= 15 is 0 Å². The van der Waals surface area contributed by atoms with Crippen molar-refractivity contribution in [1.82, 2.24) is 4.90 Å². The molecule has 3 heterocycles. The summed E-state index contributed by atoms with van der Waals surface area (Å²) in [7, 11) is 0. The number of benzene rings is 2. The van der Waals surface area contributed by atoms with Crippen molar-refractivity contribution in [2.75, 3.05) is 25.1 Å². The maximum Gasteiger partial charge on any atom is 0.312 e. The van der Waals surface area contributed by atoms with Gasteiger partial charge in [-0.2, -0.15) is 0 Å². The van der Waals surface area contributed by atoms with Gasteiger partial charge < -0.3 is 24.8 Å². The number of ether oxygens (including phenoxy) is 2. The first-order valence-electron chi connectivity index (χ1n) is 13.5. The Labute approximate surface area is 217 Å². The standard InChI is InChI=1S/C29H36N2O6/c1-3-28-14-15-29(37-28)22(23(28)27(35)36-4-2)26(34)31(16-8-5-9-17-32)24(29)25(33)30-21-13-12-19-10-6-7-11-20(19)18-21/h6-7,10-13,18,22-24,32H,3-5,8-9,14-17H2,1-2H3,(H,30,33)/t22-,23-,24?,28+,29?/m0/s1. The number of nitrogens with zero attached hydrogens (tertiary/aromatic N) is 1. The second-order valence-corrected chi connectivity index (χ2v) is 10.5. The van der Waals surface area contributed by atoms with E-state index in [1.165, 1.54) is 0 Å². The number of fused-ring (bicyclic) bond motifs is 2. The van der Waals surface area contributed by atoms with Gasteiger partial charge in [-0.3, -0.25) is 14.4 Å². The summed E-state index contributed by atoms with van der Waals surface area (Å²) in [6.45, 7) is 4.39. The van der Waals surface area contributed by atoms with E-state index in [-0.39, 0.29) is 25.0 Å². The molecule has 8 heteroatoms. The highest BCUT2D eigenvalue weighted by Crippen LogP contribution is 2.64. The molecule has 0 aliphatic carbocycles. The minimum atomic E-state index is -1.07. The summed E-state index contributed by atoms with van der Waals surface area (Å²) >= 11 is 0. The lowest BCUT2D eigenvalue weighted by Gasteiger charge is -2.33. The largest absolute Gasteiger partial charge is 0.466 e. The molecule has 3 aliphatic heterocycles. The number of aliphatic hydroxyl groups is 1. The van der Waals surface area contributed by atoms with Crippen molar-refractivity contribution in [3.63, 3.8) is 0 Å². The maximum absolute atomic E-state index is 14.0. The number of carbonyl (C=O) groups is 3. The number of aliphatic hydroxyl groups excluding tert-OH is 1. The highest BCUT2D eigenvalue weighted by Gasteiger charge is 2.78. The molecule has 2 amide bonds. The van der Waals surface area contributed by atoms with Crippen LogP contribution >= 0.6 is 0 Å². The molecule has 0 saturated carbocycles. The Kier molecular flexibility index (Phi) is 6.98. The molecule has 8 nitrogen and oxygen atoms in total. The molecular formula is C29H36N2O6. The molecular weight excluding hydrogens is 472 g/mol. The normalized spacial score (nSPS) is 30.1. The van der Waals surface area contributed by atoms with Crippen molar-refractivity contribution >= 4 is 34.2 Å². The zero-order valence-corrected chi connectivity index (χ0v) is 21.6. The summed E-state index contributed by atoms with van der Waals surface area (Å²) < 4.78 is 12.1. The Morgan fingerprint density at radius 3 is 2.62 bits per heavy atom. The number of hydrogen-bond donors (Lipinski definition) is 2. The third-order valence-corrected chi connectivity index (χ3v) is 8.54. The number of amides is 2. The topological polar surface area (TPSA) is 105 Å². The molecule has 2 bridgehead atoms. The van der Waals surface area contributed by atoms with Gasteiger partial charge in [0.05, 0.1) is 18.1 Å². The highest BCUT2D eigenvalue weighted by atomic mass is 16.6. The summed E-state index contributed by atoms with van der Waals surface area (Å²) in [4.78, 5) is 42.7. The van der Waals surface area contributed by atoms with Crippen LogP contribution in [0.1, 0.15) is 52.4 Å².